The van der Waals surface area contributed by atoms with Gasteiger partial charge in [-0.15, -0.1) is 0 Å². The summed E-state index contributed by atoms with van der Waals surface area (Å²) in [5, 5.41) is 9.05. The van der Waals surface area contributed by atoms with Gasteiger partial charge in [0.1, 0.15) is 0 Å². The number of aliphatic hydroxyl groups is 1. The van der Waals surface area contributed by atoms with E-state index >= 15 is 0 Å². The maximum Gasteiger partial charge on any atom is 0.308 e. The van der Waals surface area contributed by atoms with Crippen LogP contribution < -0.4 is 0 Å². The lowest BCUT2D eigenvalue weighted by Crippen LogP contribution is -2.13. The molecule has 1 N–H and O–H groups in total. The molecule has 0 saturated heterocycles. The second-order valence-corrected chi connectivity index (χ2v) is 6.87. The Morgan fingerprint density at radius 2 is 1.17 bits per heavy atom. The number of carbonyl (C=O) groups excluding carboxylic acids is 1. The van der Waals surface area contributed by atoms with Crippen molar-refractivity contribution >= 4 is 5.97 Å². The summed E-state index contributed by atoms with van der Waals surface area (Å²) >= 11 is 0. The molecule has 0 aliphatic carbocycles. The van der Waals surface area contributed by atoms with Gasteiger partial charge < -0.3 is 9.84 Å². The first-order valence-corrected chi connectivity index (χ1v) is 10.0. The number of unbranched alkanes of at least 4 members (excludes halogenated alkanes) is 13. The van der Waals surface area contributed by atoms with Crippen molar-refractivity contribution in [2.24, 2.45) is 0 Å². The highest BCUT2D eigenvalue weighted by Gasteiger charge is 2.06. The van der Waals surface area contributed by atoms with Gasteiger partial charge in [0.25, 0.3) is 0 Å². The van der Waals surface area contributed by atoms with E-state index in [0.29, 0.717) is 6.61 Å². The van der Waals surface area contributed by atoms with Gasteiger partial charge >= 0.3 is 5.97 Å². The van der Waals surface area contributed by atoms with Crippen molar-refractivity contribution in [1.29, 1.82) is 0 Å². The Bertz CT molecular complexity index is 251. The van der Waals surface area contributed by atoms with Gasteiger partial charge in [0.15, 0.2) is 0 Å². The van der Waals surface area contributed by atoms with E-state index in [0.717, 1.165) is 12.8 Å². The molecular formula is C20H40O3. The predicted octanol–water partition coefficient (Wildman–Crippen LogP) is 5.78. The van der Waals surface area contributed by atoms with Crippen LogP contribution >= 0.6 is 0 Å². The molecule has 0 amide bonds. The van der Waals surface area contributed by atoms with E-state index < -0.39 is 6.10 Å². The molecule has 0 bridgehead atoms. The van der Waals surface area contributed by atoms with Gasteiger partial charge in [0, 0.05) is 0 Å². The monoisotopic (exact) mass is 328 g/mol. The van der Waals surface area contributed by atoms with Crippen molar-refractivity contribution in [2.45, 2.75) is 116 Å². The maximum absolute atomic E-state index is 11.2. The normalized spacial score (nSPS) is 12.3. The summed E-state index contributed by atoms with van der Waals surface area (Å²) < 4.78 is 5.06. The first-order valence-electron chi connectivity index (χ1n) is 10.0. The van der Waals surface area contributed by atoms with E-state index in [-0.39, 0.29) is 12.4 Å². The summed E-state index contributed by atoms with van der Waals surface area (Å²) in [5.41, 5.74) is 0. The second-order valence-electron chi connectivity index (χ2n) is 6.87. The van der Waals surface area contributed by atoms with E-state index in [1.165, 1.54) is 77.0 Å². The molecule has 1 unspecified atom stereocenters. The zero-order valence-corrected chi connectivity index (χ0v) is 15.7. The molecule has 0 saturated carbocycles. The van der Waals surface area contributed by atoms with Crippen molar-refractivity contribution in [2.75, 3.05) is 6.61 Å². The zero-order chi connectivity index (χ0) is 17.2. The van der Waals surface area contributed by atoms with Crippen LogP contribution in [0.15, 0.2) is 0 Å². The fourth-order valence-corrected chi connectivity index (χ4v) is 2.78. The van der Waals surface area contributed by atoms with Crippen molar-refractivity contribution in [3.63, 3.8) is 0 Å². The first kappa shape index (κ1) is 22.4. The summed E-state index contributed by atoms with van der Waals surface area (Å²) in [6.07, 6.45) is 18.1. The van der Waals surface area contributed by atoms with Crippen LogP contribution in [0, 0.1) is 0 Å². The topological polar surface area (TPSA) is 46.5 Å². The molecule has 0 aromatic heterocycles. The summed E-state index contributed by atoms with van der Waals surface area (Å²) in [6.45, 7) is 4.38. The van der Waals surface area contributed by atoms with Gasteiger partial charge in [-0.05, 0) is 13.3 Å². The Kier molecular flexibility index (Phi) is 17.3. The smallest absolute Gasteiger partial charge is 0.308 e. The molecule has 0 fully saturated rings. The number of esters is 1. The highest BCUT2D eigenvalue weighted by Crippen LogP contribution is 2.12. The summed E-state index contributed by atoms with van der Waals surface area (Å²) in [6, 6.07) is 0. The van der Waals surface area contributed by atoms with Crippen LogP contribution in [0.3, 0.4) is 0 Å². The fourth-order valence-electron chi connectivity index (χ4n) is 2.78. The van der Waals surface area contributed by atoms with E-state index in [2.05, 4.69) is 6.92 Å². The molecule has 0 aliphatic rings. The van der Waals surface area contributed by atoms with Crippen molar-refractivity contribution in [1.82, 2.24) is 0 Å². The lowest BCUT2D eigenvalue weighted by atomic mass is 10.0. The number of aliphatic hydroxyl groups excluding tert-OH is 1. The largest absolute Gasteiger partial charge is 0.466 e. The lowest BCUT2D eigenvalue weighted by Gasteiger charge is -2.06. The molecule has 138 valence electrons. The Morgan fingerprint density at radius 1 is 0.783 bits per heavy atom. The third kappa shape index (κ3) is 19.4. The molecule has 0 spiro atoms. The van der Waals surface area contributed by atoms with Crippen LogP contribution in [-0.2, 0) is 9.53 Å². The fraction of sp³-hybridized carbons (Fsp3) is 0.950. The number of ether oxygens (including phenoxy) is 1. The van der Waals surface area contributed by atoms with E-state index in [1.807, 2.05) is 0 Å². The maximum atomic E-state index is 11.2. The molecule has 0 radical (unpaired) electrons. The standard InChI is InChI=1S/C20H40O3/c1-3-4-5-6-7-8-9-10-11-12-13-14-15-16-17-23-20(22)18-19(2)21/h19,21H,3-18H2,1-2H3. The lowest BCUT2D eigenvalue weighted by molar-refractivity contribution is -0.145. The van der Waals surface area contributed by atoms with Crippen LogP contribution in [0.25, 0.3) is 0 Å². The van der Waals surface area contributed by atoms with Gasteiger partial charge in [-0.25, -0.2) is 0 Å². The molecule has 1 atom stereocenters. The molecule has 3 heteroatoms. The van der Waals surface area contributed by atoms with Crippen LogP contribution in [0.5, 0.6) is 0 Å². The zero-order valence-electron chi connectivity index (χ0n) is 15.7. The van der Waals surface area contributed by atoms with E-state index in [4.69, 9.17) is 9.84 Å². The Labute approximate surface area is 144 Å². The minimum atomic E-state index is -0.598. The predicted molar refractivity (Wildman–Crippen MR) is 97.6 cm³/mol. The first-order chi connectivity index (χ1) is 11.2. The van der Waals surface area contributed by atoms with Crippen molar-refractivity contribution in [3.05, 3.63) is 0 Å². The van der Waals surface area contributed by atoms with Gasteiger partial charge in [0.2, 0.25) is 0 Å². The molecular weight excluding hydrogens is 288 g/mol. The van der Waals surface area contributed by atoms with E-state index in [1.54, 1.807) is 6.92 Å². The third-order valence-electron chi connectivity index (χ3n) is 4.22. The Morgan fingerprint density at radius 3 is 1.57 bits per heavy atom. The molecule has 23 heavy (non-hydrogen) atoms. The summed E-state index contributed by atoms with van der Waals surface area (Å²) in [4.78, 5) is 11.2. The Hall–Kier alpha value is -0.570. The Balaban J connectivity index is 3.06. The number of hydrogen-bond acceptors (Lipinski definition) is 3. The average Bonchev–Trinajstić information content (AvgIpc) is 2.50. The van der Waals surface area contributed by atoms with Crippen LogP contribution in [0.1, 0.15) is 110 Å². The summed E-state index contributed by atoms with van der Waals surface area (Å²) in [7, 11) is 0. The molecule has 3 nitrogen and oxygen atoms in total. The number of rotatable bonds is 17. The molecule has 0 rings (SSSR count). The van der Waals surface area contributed by atoms with Crippen molar-refractivity contribution < 1.29 is 14.6 Å². The number of carbonyl (C=O) groups is 1. The van der Waals surface area contributed by atoms with Gasteiger partial charge in [-0.2, -0.15) is 0 Å². The minimum Gasteiger partial charge on any atom is -0.466 e. The highest BCUT2D eigenvalue weighted by molar-refractivity contribution is 5.69. The van der Waals surface area contributed by atoms with Crippen LogP contribution in [0.2, 0.25) is 0 Å². The minimum absolute atomic E-state index is 0.110. The van der Waals surface area contributed by atoms with Gasteiger partial charge in [-0.3, -0.25) is 4.79 Å². The van der Waals surface area contributed by atoms with Gasteiger partial charge in [-0.1, -0.05) is 90.4 Å². The van der Waals surface area contributed by atoms with Gasteiger partial charge in [0.05, 0.1) is 19.1 Å². The molecule has 0 heterocycles. The second kappa shape index (κ2) is 17.8. The number of hydrogen-bond donors (Lipinski definition) is 1. The average molecular weight is 329 g/mol. The SMILES string of the molecule is CCCCCCCCCCCCCCCCOC(=O)CC(C)O. The molecule has 0 aromatic rings. The molecule has 0 aromatic carbocycles. The van der Waals surface area contributed by atoms with Crippen LogP contribution in [0.4, 0.5) is 0 Å². The quantitative estimate of drug-likeness (QED) is 0.272. The van der Waals surface area contributed by atoms with E-state index in [9.17, 15) is 4.79 Å². The summed E-state index contributed by atoms with van der Waals surface area (Å²) in [5.74, 6) is -0.283. The highest BCUT2D eigenvalue weighted by atomic mass is 16.5. The van der Waals surface area contributed by atoms with Crippen LogP contribution in [-0.4, -0.2) is 23.8 Å². The third-order valence-corrected chi connectivity index (χ3v) is 4.22. The van der Waals surface area contributed by atoms with Crippen molar-refractivity contribution in [3.8, 4) is 0 Å². The molecule has 0 aliphatic heterocycles.